The molecule has 0 bridgehead atoms. The Morgan fingerprint density at radius 1 is 1.21 bits per heavy atom. The lowest BCUT2D eigenvalue weighted by Gasteiger charge is -2.30. The van der Waals surface area contributed by atoms with E-state index in [2.05, 4.69) is 9.97 Å². The Hall–Kier alpha value is -2.73. The van der Waals surface area contributed by atoms with E-state index in [-0.39, 0.29) is 5.91 Å². The molecule has 0 aliphatic carbocycles. The SMILES string of the molecule is C[C@@H]1Oc2ccc(-c3csc(-c4ccccn4)n3)cc2N(C)C1=O. The van der Waals surface area contributed by atoms with E-state index < -0.39 is 6.10 Å². The van der Waals surface area contributed by atoms with E-state index in [0.29, 0.717) is 5.75 Å². The molecule has 4 rings (SSSR count). The molecule has 1 aliphatic rings. The zero-order chi connectivity index (χ0) is 16.7. The molecule has 0 fully saturated rings. The number of anilines is 1. The quantitative estimate of drug-likeness (QED) is 0.717. The minimum atomic E-state index is -0.455. The van der Waals surface area contributed by atoms with Crippen LogP contribution in [0.4, 0.5) is 5.69 Å². The summed E-state index contributed by atoms with van der Waals surface area (Å²) >= 11 is 1.55. The topological polar surface area (TPSA) is 55.3 Å². The zero-order valence-electron chi connectivity index (χ0n) is 13.3. The molecule has 5 nitrogen and oxygen atoms in total. The van der Waals surface area contributed by atoms with Gasteiger partial charge in [-0.3, -0.25) is 9.78 Å². The van der Waals surface area contributed by atoms with Gasteiger partial charge in [-0.05, 0) is 37.3 Å². The molecule has 0 saturated carbocycles. The highest BCUT2D eigenvalue weighted by atomic mass is 32.1. The third kappa shape index (κ3) is 2.45. The fraction of sp³-hybridized carbons (Fsp3) is 0.167. The molecule has 6 heteroatoms. The number of benzene rings is 1. The number of fused-ring (bicyclic) bond motifs is 1. The maximum Gasteiger partial charge on any atom is 0.267 e. The maximum absolute atomic E-state index is 12.1. The van der Waals surface area contributed by atoms with E-state index in [0.717, 1.165) is 27.6 Å². The Labute approximate surface area is 143 Å². The van der Waals surface area contributed by atoms with E-state index in [1.54, 1.807) is 36.4 Å². The van der Waals surface area contributed by atoms with Crippen LogP contribution in [-0.4, -0.2) is 29.0 Å². The highest BCUT2D eigenvalue weighted by molar-refractivity contribution is 7.13. The molecular formula is C18H15N3O2S. The number of thiazole rings is 1. The van der Waals surface area contributed by atoms with Crippen molar-refractivity contribution in [1.29, 1.82) is 0 Å². The van der Waals surface area contributed by atoms with Crippen molar-refractivity contribution in [1.82, 2.24) is 9.97 Å². The summed E-state index contributed by atoms with van der Waals surface area (Å²) in [6, 6.07) is 11.6. The average Bonchev–Trinajstić information content (AvgIpc) is 3.10. The van der Waals surface area contributed by atoms with Crippen LogP contribution in [0, 0.1) is 0 Å². The van der Waals surface area contributed by atoms with Crippen molar-refractivity contribution in [2.24, 2.45) is 0 Å². The smallest absolute Gasteiger partial charge is 0.267 e. The highest BCUT2D eigenvalue weighted by Gasteiger charge is 2.29. The summed E-state index contributed by atoms with van der Waals surface area (Å²) in [5.74, 6) is 0.667. The molecule has 3 heterocycles. The number of amides is 1. The Bertz CT molecular complexity index is 908. The summed E-state index contributed by atoms with van der Waals surface area (Å²) < 4.78 is 5.66. The second kappa shape index (κ2) is 5.72. The van der Waals surface area contributed by atoms with Gasteiger partial charge in [-0.1, -0.05) is 6.07 Å². The first-order valence-electron chi connectivity index (χ1n) is 7.59. The van der Waals surface area contributed by atoms with E-state index in [1.807, 2.05) is 41.8 Å². The molecule has 0 saturated heterocycles. The summed E-state index contributed by atoms with van der Waals surface area (Å²) in [6.45, 7) is 1.76. The number of rotatable bonds is 2. The minimum Gasteiger partial charge on any atom is -0.479 e. The fourth-order valence-corrected chi connectivity index (χ4v) is 3.49. The van der Waals surface area contributed by atoms with E-state index in [1.165, 1.54) is 0 Å². The zero-order valence-corrected chi connectivity index (χ0v) is 14.1. The summed E-state index contributed by atoms with van der Waals surface area (Å²) in [5.41, 5.74) is 3.44. The number of nitrogens with zero attached hydrogens (tertiary/aromatic N) is 3. The van der Waals surface area contributed by atoms with Gasteiger partial charge in [0, 0.05) is 24.2 Å². The molecule has 24 heavy (non-hydrogen) atoms. The third-order valence-electron chi connectivity index (χ3n) is 3.99. The van der Waals surface area contributed by atoms with Gasteiger partial charge < -0.3 is 9.64 Å². The van der Waals surface area contributed by atoms with Crippen LogP contribution in [0.5, 0.6) is 5.75 Å². The second-order valence-electron chi connectivity index (χ2n) is 5.59. The second-order valence-corrected chi connectivity index (χ2v) is 6.45. The number of aromatic nitrogens is 2. The number of hydrogen-bond acceptors (Lipinski definition) is 5. The molecular weight excluding hydrogens is 322 g/mol. The fourth-order valence-electron chi connectivity index (χ4n) is 2.68. The Morgan fingerprint density at radius 2 is 2.08 bits per heavy atom. The number of likely N-dealkylation sites (N-methyl/N-ethyl adjacent to an activating group) is 1. The standard InChI is InChI=1S/C18H15N3O2S/c1-11-18(22)21(2)15-9-12(6-7-16(15)23-11)14-10-24-17(20-14)13-5-3-4-8-19-13/h3-11H,1-2H3/t11-/m0/s1. The Kier molecular flexibility index (Phi) is 3.54. The van der Waals surface area contributed by atoms with Crippen LogP contribution < -0.4 is 9.64 Å². The molecule has 1 atom stereocenters. The minimum absolute atomic E-state index is 0.0490. The average molecular weight is 337 g/mol. The first kappa shape index (κ1) is 14.8. The van der Waals surface area contributed by atoms with Crippen LogP contribution in [0.3, 0.4) is 0 Å². The first-order chi connectivity index (χ1) is 11.6. The number of hydrogen-bond donors (Lipinski definition) is 0. The monoisotopic (exact) mass is 337 g/mol. The molecule has 0 unspecified atom stereocenters. The molecule has 0 N–H and O–H groups in total. The molecule has 1 amide bonds. The largest absolute Gasteiger partial charge is 0.479 e. The predicted molar refractivity (Wildman–Crippen MR) is 94.3 cm³/mol. The van der Waals surface area contributed by atoms with Crippen LogP contribution >= 0.6 is 11.3 Å². The Balaban J connectivity index is 1.72. The van der Waals surface area contributed by atoms with Gasteiger partial charge in [0.25, 0.3) is 5.91 Å². The van der Waals surface area contributed by atoms with Gasteiger partial charge in [0.15, 0.2) is 6.10 Å². The van der Waals surface area contributed by atoms with Crippen LogP contribution in [0.2, 0.25) is 0 Å². The van der Waals surface area contributed by atoms with Gasteiger partial charge in [-0.2, -0.15) is 0 Å². The van der Waals surface area contributed by atoms with Crippen molar-refractivity contribution in [3.63, 3.8) is 0 Å². The van der Waals surface area contributed by atoms with E-state index in [9.17, 15) is 4.79 Å². The first-order valence-corrected chi connectivity index (χ1v) is 8.47. The van der Waals surface area contributed by atoms with Gasteiger partial charge >= 0.3 is 0 Å². The van der Waals surface area contributed by atoms with Gasteiger partial charge in [-0.25, -0.2) is 4.98 Å². The van der Waals surface area contributed by atoms with Gasteiger partial charge in [-0.15, -0.1) is 11.3 Å². The van der Waals surface area contributed by atoms with Crippen LogP contribution in [-0.2, 0) is 4.79 Å². The lowest BCUT2D eigenvalue weighted by molar-refractivity contribution is -0.125. The number of pyridine rings is 1. The maximum atomic E-state index is 12.1. The molecule has 1 aromatic carbocycles. The van der Waals surface area contributed by atoms with Crippen molar-refractivity contribution in [3.05, 3.63) is 48.0 Å². The van der Waals surface area contributed by atoms with E-state index in [4.69, 9.17) is 4.74 Å². The van der Waals surface area contributed by atoms with E-state index >= 15 is 0 Å². The summed E-state index contributed by atoms with van der Waals surface area (Å²) in [6.07, 6.45) is 1.30. The van der Waals surface area contributed by atoms with Crippen LogP contribution in [0.1, 0.15) is 6.92 Å². The molecule has 0 radical (unpaired) electrons. The number of carbonyl (C=O) groups excluding carboxylic acids is 1. The predicted octanol–water partition coefficient (Wildman–Crippen LogP) is 3.62. The highest BCUT2D eigenvalue weighted by Crippen LogP contribution is 2.37. The van der Waals surface area contributed by atoms with Crippen LogP contribution in [0.25, 0.3) is 22.0 Å². The molecule has 1 aliphatic heterocycles. The van der Waals surface area contributed by atoms with Crippen molar-refractivity contribution in [2.45, 2.75) is 13.0 Å². The van der Waals surface area contributed by atoms with Crippen LogP contribution in [0.15, 0.2) is 48.0 Å². The van der Waals surface area contributed by atoms with Crippen molar-refractivity contribution < 1.29 is 9.53 Å². The lowest BCUT2D eigenvalue weighted by atomic mass is 10.1. The molecule has 0 spiro atoms. The lowest BCUT2D eigenvalue weighted by Crippen LogP contribution is -2.41. The summed E-state index contributed by atoms with van der Waals surface area (Å²) in [5, 5.41) is 2.87. The van der Waals surface area contributed by atoms with Crippen molar-refractivity contribution >= 4 is 22.9 Å². The van der Waals surface area contributed by atoms with Gasteiger partial charge in [0.2, 0.25) is 0 Å². The molecule has 3 aromatic rings. The Morgan fingerprint density at radius 3 is 2.88 bits per heavy atom. The summed E-state index contributed by atoms with van der Waals surface area (Å²) in [7, 11) is 1.77. The van der Waals surface area contributed by atoms with Crippen molar-refractivity contribution in [3.8, 4) is 27.7 Å². The van der Waals surface area contributed by atoms with Gasteiger partial charge in [0.1, 0.15) is 10.8 Å². The number of carbonyl (C=O) groups is 1. The third-order valence-corrected chi connectivity index (χ3v) is 4.85. The number of ether oxygens (including phenoxy) is 1. The van der Waals surface area contributed by atoms with Crippen molar-refractivity contribution in [2.75, 3.05) is 11.9 Å². The molecule has 120 valence electrons. The van der Waals surface area contributed by atoms with Gasteiger partial charge in [0.05, 0.1) is 17.1 Å². The summed E-state index contributed by atoms with van der Waals surface area (Å²) in [4.78, 5) is 22.7. The normalized spacial score (nSPS) is 16.7. The molecule has 2 aromatic heterocycles.